The number of nitrogens with two attached hydrogens (primary N) is 1. The van der Waals surface area contributed by atoms with Gasteiger partial charge in [0.15, 0.2) is 0 Å². The number of nitrogens with one attached hydrogen (secondary N) is 1. The molecular weight excluding hydrogens is 293 g/mol. The lowest BCUT2D eigenvalue weighted by atomic mass is 10.1. The third kappa shape index (κ3) is 2.90. The molecule has 0 radical (unpaired) electrons. The molecule has 0 fully saturated rings. The van der Waals surface area contributed by atoms with E-state index in [1.165, 1.54) is 10.7 Å². The van der Waals surface area contributed by atoms with E-state index in [0.717, 1.165) is 23.9 Å². The van der Waals surface area contributed by atoms with Crippen LogP contribution in [0.1, 0.15) is 11.1 Å². The summed E-state index contributed by atoms with van der Waals surface area (Å²) in [5, 5.41) is 18.2. The van der Waals surface area contributed by atoms with Gasteiger partial charge in [0.1, 0.15) is 5.84 Å². The number of nitrogen functional groups attached to an aromatic ring is 1. The zero-order valence-electron chi connectivity index (χ0n) is 10.1. The summed E-state index contributed by atoms with van der Waals surface area (Å²) >= 11 is 0.987. The molecule has 0 spiro atoms. The lowest BCUT2D eigenvalue weighted by molar-refractivity contribution is -0.137. The minimum absolute atomic E-state index is 0.306. The van der Waals surface area contributed by atoms with E-state index >= 15 is 0 Å². The van der Waals surface area contributed by atoms with Crippen molar-refractivity contribution in [3.05, 3.63) is 29.3 Å². The Balaban J connectivity index is 2.42. The van der Waals surface area contributed by atoms with Gasteiger partial charge in [-0.15, -0.1) is 5.10 Å². The van der Waals surface area contributed by atoms with Crippen molar-refractivity contribution in [1.29, 1.82) is 5.41 Å². The van der Waals surface area contributed by atoms with Crippen LogP contribution in [0, 0.1) is 5.41 Å². The van der Waals surface area contributed by atoms with Crippen molar-refractivity contribution < 1.29 is 13.2 Å². The molecule has 0 atom stereocenters. The minimum Gasteiger partial charge on any atom is -0.384 e. The first kappa shape index (κ1) is 14.3. The molecule has 6 nitrogen and oxygen atoms in total. The number of halogens is 3. The number of rotatable bonds is 3. The van der Waals surface area contributed by atoms with Gasteiger partial charge in [-0.2, -0.15) is 13.2 Å². The van der Waals surface area contributed by atoms with Gasteiger partial charge >= 0.3 is 6.18 Å². The highest BCUT2D eigenvalue weighted by Crippen LogP contribution is 2.35. The number of alkyl halides is 3. The Hall–Kier alpha value is -2.10. The number of nitrogens with zero attached hydrogens (tertiary/aromatic N) is 4. The fourth-order valence-electron chi connectivity index (χ4n) is 1.47. The molecule has 0 aliphatic heterocycles. The Kier molecular flexibility index (Phi) is 3.66. The highest BCUT2D eigenvalue weighted by Gasteiger charge is 2.34. The number of amidine groups is 1. The third-order valence-electron chi connectivity index (χ3n) is 2.38. The van der Waals surface area contributed by atoms with Gasteiger partial charge in [0.25, 0.3) is 0 Å². The van der Waals surface area contributed by atoms with Crippen LogP contribution in [-0.2, 0) is 13.2 Å². The van der Waals surface area contributed by atoms with Crippen LogP contribution >= 0.6 is 11.8 Å². The van der Waals surface area contributed by atoms with E-state index in [-0.39, 0.29) is 5.56 Å². The molecule has 20 heavy (non-hydrogen) atoms. The summed E-state index contributed by atoms with van der Waals surface area (Å²) in [7, 11) is 1.58. The quantitative estimate of drug-likeness (QED) is 0.664. The molecule has 10 heteroatoms. The van der Waals surface area contributed by atoms with Gasteiger partial charge in [-0.3, -0.25) is 5.41 Å². The molecule has 0 saturated heterocycles. The first-order chi connectivity index (χ1) is 9.29. The van der Waals surface area contributed by atoms with E-state index in [2.05, 4.69) is 15.5 Å². The molecule has 0 unspecified atom stereocenters. The summed E-state index contributed by atoms with van der Waals surface area (Å²) in [6, 6.07) is 3.53. The van der Waals surface area contributed by atoms with Crippen molar-refractivity contribution >= 4 is 17.6 Å². The Morgan fingerprint density at radius 2 is 2.10 bits per heavy atom. The van der Waals surface area contributed by atoms with Crippen molar-refractivity contribution in [2.24, 2.45) is 12.8 Å². The topological polar surface area (TPSA) is 93.5 Å². The van der Waals surface area contributed by atoms with Crippen molar-refractivity contribution in [3.8, 4) is 0 Å². The minimum atomic E-state index is -4.59. The third-order valence-corrected chi connectivity index (χ3v) is 3.40. The van der Waals surface area contributed by atoms with Gasteiger partial charge < -0.3 is 5.73 Å². The summed E-state index contributed by atoms with van der Waals surface area (Å²) in [4.78, 5) is 0.306. The fraction of sp³-hybridized carbons (Fsp3) is 0.200. The van der Waals surface area contributed by atoms with Gasteiger partial charge in [0.2, 0.25) is 5.16 Å². The number of benzene rings is 1. The second-order valence-corrected chi connectivity index (χ2v) is 4.85. The zero-order chi connectivity index (χ0) is 14.9. The predicted molar refractivity (Wildman–Crippen MR) is 65.4 cm³/mol. The van der Waals surface area contributed by atoms with Crippen molar-refractivity contribution in [2.75, 3.05) is 0 Å². The van der Waals surface area contributed by atoms with Crippen LogP contribution < -0.4 is 5.73 Å². The van der Waals surface area contributed by atoms with Crippen LogP contribution in [0.2, 0.25) is 0 Å². The smallest absolute Gasteiger partial charge is 0.384 e. The van der Waals surface area contributed by atoms with Gasteiger partial charge in [0.05, 0.1) is 5.56 Å². The molecule has 3 N–H and O–H groups in total. The number of aryl methyl sites for hydroxylation is 1. The molecule has 0 amide bonds. The SMILES string of the molecule is Cn1nnnc1Sc1ccc(C(=N)N)c(C(F)(F)F)c1. The van der Waals surface area contributed by atoms with Crippen LogP contribution in [-0.4, -0.2) is 26.0 Å². The Morgan fingerprint density at radius 1 is 1.40 bits per heavy atom. The molecule has 1 aromatic carbocycles. The molecule has 0 aliphatic carbocycles. The molecule has 0 bridgehead atoms. The Labute approximate surface area is 115 Å². The number of aromatic nitrogens is 4. The van der Waals surface area contributed by atoms with Gasteiger partial charge in [-0.05, 0) is 40.4 Å². The maximum Gasteiger partial charge on any atom is 0.417 e. The summed E-state index contributed by atoms with van der Waals surface area (Å²) in [5.41, 5.74) is 3.86. The first-order valence-corrected chi connectivity index (χ1v) is 6.06. The average Bonchev–Trinajstić information content (AvgIpc) is 2.73. The molecule has 106 valence electrons. The van der Waals surface area contributed by atoms with Gasteiger partial charge in [0, 0.05) is 17.5 Å². The standard InChI is InChI=1S/C10H9F3N6S/c1-19-9(16-17-18-19)20-5-2-3-6(8(14)15)7(4-5)10(11,12)13/h2-4H,1H3,(H3,14,15). The van der Waals surface area contributed by atoms with E-state index in [4.69, 9.17) is 11.1 Å². The number of tetrazole rings is 1. The van der Waals surface area contributed by atoms with Crippen molar-refractivity contribution in [3.63, 3.8) is 0 Å². The zero-order valence-corrected chi connectivity index (χ0v) is 11.0. The van der Waals surface area contributed by atoms with Crippen LogP contribution in [0.15, 0.2) is 28.3 Å². The molecule has 1 aromatic heterocycles. The van der Waals surface area contributed by atoms with E-state index < -0.39 is 17.6 Å². The molecular formula is C10H9F3N6S. The first-order valence-electron chi connectivity index (χ1n) is 5.25. The summed E-state index contributed by atoms with van der Waals surface area (Å²) in [6.07, 6.45) is -4.59. The highest BCUT2D eigenvalue weighted by molar-refractivity contribution is 7.99. The lowest BCUT2D eigenvalue weighted by Gasteiger charge is -2.13. The maximum atomic E-state index is 12.9. The molecule has 0 saturated carbocycles. The van der Waals surface area contributed by atoms with E-state index in [1.807, 2.05) is 0 Å². The van der Waals surface area contributed by atoms with E-state index in [0.29, 0.717) is 10.1 Å². The Bertz CT molecular complexity index is 651. The van der Waals surface area contributed by atoms with Crippen LogP contribution in [0.3, 0.4) is 0 Å². The average molecular weight is 302 g/mol. The molecule has 2 rings (SSSR count). The maximum absolute atomic E-state index is 12.9. The molecule has 1 heterocycles. The van der Waals surface area contributed by atoms with Crippen LogP contribution in [0.4, 0.5) is 13.2 Å². The highest BCUT2D eigenvalue weighted by atomic mass is 32.2. The summed E-state index contributed by atoms with van der Waals surface area (Å²) in [5.74, 6) is -0.630. The van der Waals surface area contributed by atoms with Crippen LogP contribution in [0.25, 0.3) is 0 Å². The fourth-order valence-corrected chi connectivity index (χ4v) is 2.24. The van der Waals surface area contributed by atoms with E-state index in [1.54, 1.807) is 7.05 Å². The summed E-state index contributed by atoms with van der Waals surface area (Å²) < 4.78 is 40.2. The van der Waals surface area contributed by atoms with E-state index in [9.17, 15) is 13.2 Å². The largest absolute Gasteiger partial charge is 0.417 e. The molecule has 0 aliphatic rings. The van der Waals surface area contributed by atoms with Gasteiger partial charge in [-0.25, -0.2) is 4.68 Å². The normalized spacial score (nSPS) is 11.6. The monoisotopic (exact) mass is 302 g/mol. The van der Waals surface area contributed by atoms with Crippen molar-refractivity contribution in [1.82, 2.24) is 20.2 Å². The predicted octanol–water partition coefficient (Wildman–Crippen LogP) is 1.66. The summed E-state index contributed by atoms with van der Waals surface area (Å²) in [6.45, 7) is 0. The molecule has 2 aromatic rings. The van der Waals surface area contributed by atoms with Gasteiger partial charge in [-0.1, -0.05) is 0 Å². The number of hydrogen-bond donors (Lipinski definition) is 2. The second-order valence-electron chi connectivity index (χ2n) is 3.81. The second kappa shape index (κ2) is 5.12. The van der Waals surface area contributed by atoms with Crippen molar-refractivity contribution in [2.45, 2.75) is 16.2 Å². The van der Waals surface area contributed by atoms with Crippen LogP contribution in [0.5, 0.6) is 0 Å². The lowest BCUT2D eigenvalue weighted by Crippen LogP contribution is -2.18. The Morgan fingerprint density at radius 3 is 2.60 bits per heavy atom. The number of hydrogen-bond acceptors (Lipinski definition) is 5.